The van der Waals surface area contributed by atoms with Gasteiger partial charge < -0.3 is 14.8 Å². The van der Waals surface area contributed by atoms with E-state index in [4.69, 9.17) is 32.7 Å². The fourth-order valence-electron chi connectivity index (χ4n) is 1.98. The summed E-state index contributed by atoms with van der Waals surface area (Å²) in [6.07, 6.45) is 0.637. The van der Waals surface area contributed by atoms with E-state index in [-0.39, 0.29) is 19.1 Å². The number of benzene rings is 2. The highest BCUT2D eigenvalue weighted by Gasteiger charge is 2.08. The molecule has 0 heterocycles. The van der Waals surface area contributed by atoms with Gasteiger partial charge in [0.2, 0.25) is 0 Å². The van der Waals surface area contributed by atoms with Crippen molar-refractivity contribution in [1.82, 2.24) is 5.32 Å². The van der Waals surface area contributed by atoms with Crippen LogP contribution in [-0.4, -0.2) is 31.6 Å². The van der Waals surface area contributed by atoms with Crippen LogP contribution in [0.15, 0.2) is 48.5 Å². The number of ether oxygens (including phenoxy) is 2. The minimum absolute atomic E-state index is 0.295. The first-order chi connectivity index (χ1) is 12.0. The number of nitrogens with one attached hydrogen (secondary N) is 1. The van der Waals surface area contributed by atoms with Gasteiger partial charge in [-0.3, -0.25) is 4.79 Å². The maximum atomic E-state index is 11.7. The lowest BCUT2D eigenvalue weighted by Gasteiger charge is -2.08. The summed E-state index contributed by atoms with van der Waals surface area (Å²) in [5, 5.41) is 3.82. The summed E-state index contributed by atoms with van der Waals surface area (Å²) in [6.45, 7) is -0.223. The van der Waals surface area contributed by atoms with Crippen LogP contribution < -0.4 is 10.1 Å². The Labute approximate surface area is 155 Å². The molecule has 1 N–H and O–H groups in total. The summed E-state index contributed by atoms with van der Waals surface area (Å²) in [7, 11) is 0. The molecule has 0 fully saturated rings. The minimum Gasteiger partial charge on any atom is -0.482 e. The molecule has 0 saturated heterocycles. The SMILES string of the molecule is O=C(COC(=O)COc1cccc(Cl)c1)NCCc1cccc(Cl)c1. The van der Waals surface area contributed by atoms with Crippen molar-refractivity contribution < 1.29 is 19.1 Å². The highest BCUT2D eigenvalue weighted by Crippen LogP contribution is 2.16. The summed E-state index contributed by atoms with van der Waals surface area (Å²) in [4.78, 5) is 23.2. The summed E-state index contributed by atoms with van der Waals surface area (Å²) < 4.78 is 10.1. The monoisotopic (exact) mass is 381 g/mol. The molecule has 0 saturated carbocycles. The van der Waals surface area contributed by atoms with Crippen molar-refractivity contribution in [2.75, 3.05) is 19.8 Å². The predicted octanol–water partition coefficient (Wildman–Crippen LogP) is 3.27. The van der Waals surface area contributed by atoms with Gasteiger partial charge in [0.25, 0.3) is 5.91 Å². The molecule has 0 radical (unpaired) electrons. The van der Waals surface area contributed by atoms with Crippen molar-refractivity contribution in [3.05, 3.63) is 64.1 Å². The van der Waals surface area contributed by atoms with E-state index in [1.54, 1.807) is 30.3 Å². The minimum atomic E-state index is -0.634. The van der Waals surface area contributed by atoms with E-state index in [0.29, 0.717) is 28.8 Å². The van der Waals surface area contributed by atoms with Crippen LogP contribution in [-0.2, 0) is 20.7 Å². The lowest BCUT2D eigenvalue weighted by atomic mass is 10.1. The van der Waals surface area contributed by atoms with E-state index < -0.39 is 5.97 Å². The zero-order valence-corrected chi connectivity index (χ0v) is 14.8. The van der Waals surface area contributed by atoms with E-state index in [2.05, 4.69) is 5.32 Å². The highest BCUT2D eigenvalue weighted by atomic mass is 35.5. The summed E-state index contributed by atoms with van der Waals surface area (Å²) in [6, 6.07) is 14.0. The van der Waals surface area contributed by atoms with Gasteiger partial charge >= 0.3 is 5.97 Å². The van der Waals surface area contributed by atoms with E-state index in [1.165, 1.54) is 0 Å². The van der Waals surface area contributed by atoms with E-state index >= 15 is 0 Å². The molecule has 2 aromatic carbocycles. The lowest BCUT2D eigenvalue weighted by Crippen LogP contribution is -2.31. The van der Waals surface area contributed by atoms with Crippen LogP contribution in [0.3, 0.4) is 0 Å². The highest BCUT2D eigenvalue weighted by molar-refractivity contribution is 6.30. The number of esters is 1. The molecule has 0 spiro atoms. The quantitative estimate of drug-likeness (QED) is 0.712. The number of amides is 1. The first-order valence-corrected chi connectivity index (χ1v) is 8.33. The van der Waals surface area contributed by atoms with Crippen LogP contribution in [0.5, 0.6) is 5.75 Å². The second kappa shape index (κ2) is 9.91. The molecule has 0 aliphatic rings. The van der Waals surface area contributed by atoms with Gasteiger partial charge in [-0.05, 0) is 42.3 Å². The van der Waals surface area contributed by atoms with E-state index in [9.17, 15) is 9.59 Å². The molecule has 0 aliphatic carbocycles. The molecule has 0 atom stereocenters. The number of halogens is 2. The smallest absolute Gasteiger partial charge is 0.344 e. The molecule has 0 unspecified atom stereocenters. The molecule has 0 aromatic heterocycles. The fourth-order valence-corrected chi connectivity index (χ4v) is 2.37. The molecular weight excluding hydrogens is 365 g/mol. The first kappa shape index (κ1) is 19.1. The molecule has 0 bridgehead atoms. The zero-order chi connectivity index (χ0) is 18.1. The molecule has 25 heavy (non-hydrogen) atoms. The van der Waals surface area contributed by atoms with Crippen LogP contribution in [0.1, 0.15) is 5.56 Å². The van der Waals surface area contributed by atoms with Gasteiger partial charge in [0.05, 0.1) is 0 Å². The van der Waals surface area contributed by atoms with Gasteiger partial charge in [-0.25, -0.2) is 4.79 Å². The van der Waals surface area contributed by atoms with Crippen molar-refractivity contribution in [3.63, 3.8) is 0 Å². The second-order valence-electron chi connectivity index (χ2n) is 5.14. The van der Waals surface area contributed by atoms with Gasteiger partial charge in [-0.2, -0.15) is 0 Å². The maximum absolute atomic E-state index is 11.7. The lowest BCUT2D eigenvalue weighted by molar-refractivity contribution is -0.150. The summed E-state index contributed by atoms with van der Waals surface area (Å²) >= 11 is 11.7. The van der Waals surface area contributed by atoms with Crippen LogP contribution in [0, 0.1) is 0 Å². The molecule has 1 amide bonds. The Bertz CT molecular complexity index is 737. The summed E-state index contributed by atoms with van der Waals surface area (Å²) in [5.41, 5.74) is 1.01. The molecular formula is C18H17Cl2NO4. The zero-order valence-electron chi connectivity index (χ0n) is 13.3. The third kappa shape index (κ3) is 7.45. The Hall–Kier alpha value is -2.24. The fraction of sp³-hybridized carbons (Fsp3) is 0.222. The van der Waals surface area contributed by atoms with Crippen LogP contribution in [0.25, 0.3) is 0 Å². The predicted molar refractivity (Wildman–Crippen MR) is 96.1 cm³/mol. The number of hydrogen-bond donors (Lipinski definition) is 1. The number of hydrogen-bond acceptors (Lipinski definition) is 4. The number of carbonyl (C=O) groups is 2. The second-order valence-corrected chi connectivity index (χ2v) is 6.01. The van der Waals surface area contributed by atoms with Crippen LogP contribution in [0.2, 0.25) is 10.0 Å². The molecule has 2 rings (SSSR count). The van der Waals surface area contributed by atoms with Gasteiger partial charge in [0, 0.05) is 16.6 Å². The van der Waals surface area contributed by atoms with E-state index in [1.807, 2.05) is 18.2 Å². The third-order valence-electron chi connectivity index (χ3n) is 3.14. The summed E-state index contributed by atoms with van der Waals surface area (Å²) in [5.74, 6) is -0.557. The molecule has 0 aliphatic heterocycles. The van der Waals surface area contributed by atoms with Crippen molar-refractivity contribution in [2.45, 2.75) is 6.42 Å². The Morgan fingerprint density at radius 1 is 0.960 bits per heavy atom. The molecule has 7 heteroatoms. The average molecular weight is 382 g/mol. The standard InChI is InChI=1S/C18H17Cl2NO4/c19-14-4-1-3-13(9-14)7-8-21-17(22)11-25-18(23)12-24-16-6-2-5-15(20)10-16/h1-6,9-10H,7-8,11-12H2,(H,21,22). The third-order valence-corrected chi connectivity index (χ3v) is 3.61. The van der Waals surface area contributed by atoms with Gasteiger partial charge in [0.1, 0.15) is 5.75 Å². The number of rotatable bonds is 8. The average Bonchev–Trinajstić information content (AvgIpc) is 2.58. The normalized spacial score (nSPS) is 10.2. The van der Waals surface area contributed by atoms with Crippen LogP contribution in [0.4, 0.5) is 0 Å². The van der Waals surface area contributed by atoms with Crippen molar-refractivity contribution in [2.24, 2.45) is 0 Å². The molecule has 5 nitrogen and oxygen atoms in total. The largest absolute Gasteiger partial charge is 0.482 e. The van der Waals surface area contributed by atoms with E-state index in [0.717, 1.165) is 5.56 Å². The molecule has 2 aromatic rings. The van der Waals surface area contributed by atoms with Gasteiger partial charge in [-0.1, -0.05) is 41.4 Å². The maximum Gasteiger partial charge on any atom is 0.344 e. The number of carbonyl (C=O) groups excluding carboxylic acids is 2. The topological polar surface area (TPSA) is 64.6 Å². The Kier molecular flexibility index (Phi) is 7.57. The van der Waals surface area contributed by atoms with Gasteiger partial charge in [0.15, 0.2) is 13.2 Å². The van der Waals surface area contributed by atoms with Crippen molar-refractivity contribution >= 4 is 35.1 Å². The Morgan fingerprint density at radius 3 is 2.40 bits per heavy atom. The van der Waals surface area contributed by atoms with Crippen molar-refractivity contribution in [3.8, 4) is 5.75 Å². The first-order valence-electron chi connectivity index (χ1n) is 7.58. The Morgan fingerprint density at radius 2 is 1.68 bits per heavy atom. The van der Waals surface area contributed by atoms with Crippen LogP contribution >= 0.6 is 23.2 Å². The van der Waals surface area contributed by atoms with Crippen molar-refractivity contribution in [1.29, 1.82) is 0 Å². The molecule has 132 valence electrons. The van der Waals surface area contributed by atoms with Gasteiger partial charge in [-0.15, -0.1) is 0 Å². The Balaban J connectivity index is 1.61.